The number of rotatable bonds is 5. The summed E-state index contributed by atoms with van der Waals surface area (Å²) in [7, 11) is 1.65. The van der Waals surface area contributed by atoms with Gasteiger partial charge < -0.3 is 10.1 Å². The Labute approximate surface area is 114 Å². The van der Waals surface area contributed by atoms with E-state index in [-0.39, 0.29) is 5.60 Å². The molecule has 1 N–H and O–H groups in total. The molecule has 0 saturated carbocycles. The van der Waals surface area contributed by atoms with Gasteiger partial charge in [0.1, 0.15) is 5.54 Å². The van der Waals surface area contributed by atoms with E-state index in [9.17, 15) is 5.26 Å². The Morgan fingerprint density at radius 2 is 2.06 bits per heavy atom. The van der Waals surface area contributed by atoms with Crippen LogP contribution in [-0.4, -0.2) is 18.2 Å². The van der Waals surface area contributed by atoms with E-state index in [1.807, 2.05) is 32.9 Å². The SMILES string of the molecule is COC(C)(C)CC(C)(C#N)Nc1cccc(Cl)c1. The van der Waals surface area contributed by atoms with Gasteiger partial charge in [-0.25, -0.2) is 0 Å². The summed E-state index contributed by atoms with van der Waals surface area (Å²) in [5, 5.41) is 13.2. The Morgan fingerprint density at radius 1 is 1.39 bits per heavy atom. The molecule has 1 aromatic carbocycles. The van der Waals surface area contributed by atoms with Crippen LogP contribution in [0.15, 0.2) is 24.3 Å². The number of benzene rings is 1. The van der Waals surface area contributed by atoms with Crippen LogP contribution in [0.4, 0.5) is 5.69 Å². The zero-order valence-corrected chi connectivity index (χ0v) is 12.0. The van der Waals surface area contributed by atoms with Gasteiger partial charge in [-0.2, -0.15) is 5.26 Å². The molecule has 0 saturated heterocycles. The summed E-state index contributed by atoms with van der Waals surface area (Å²) in [4.78, 5) is 0. The number of halogens is 1. The van der Waals surface area contributed by atoms with Gasteiger partial charge in [-0.05, 0) is 39.0 Å². The Bertz CT molecular complexity index is 453. The second-order valence-electron chi connectivity index (χ2n) is 5.22. The zero-order valence-electron chi connectivity index (χ0n) is 11.2. The molecule has 1 aromatic rings. The van der Waals surface area contributed by atoms with Crippen LogP contribution >= 0.6 is 11.6 Å². The number of hydrogen-bond acceptors (Lipinski definition) is 3. The van der Waals surface area contributed by atoms with Gasteiger partial charge in [0.15, 0.2) is 0 Å². The third-order valence-corrected chi connectivity index (χ3v) is 3.06. The van der Waals surface area contributed by atoms with E-state index in [0.29, 0.717) is 11.4 Å². The highest BCUT2D eigenvalue weighted by molar-refractivity contribution is 6.30. The standard InChI is InChI=1S/C14H19ClN2O/c1-13(2,18-4)9-14(3,10-16)17-12-7-5-6-11(15)8-12/h5-8,17H,9H2,1-4H3. The highest BCUT2D eigenvalue weighted by Crippen LogP contribution is 2.27. The largest absolute Gasteiger partial charge is 0.379 e. The fourth-order valence-electron chi connectivity index (χ4n) is 1.92. The van der Waals surface area contributed by atoms with E-state index < -0.39 is 5.54 Å². The molecule has 18 heavy (non-hydrogen) atoms. The molecule has 0 aliphatic carbocycles. The maximum Gasteiger partial charge on any atom is 0.125 e. The third kappa shape index (κ3) is 4.21. The predicted octanol–water partition coefficient (Wildman–Crippen LogP) is 3.85. The van der Waals surface area contributed by atoms with Crippen LogP contribution in [0.25, 0.3) is 0 Å². The normalized spacial score (nSPS) is 14.7. The Morgan fingerprint density at radius 3 is 2.56 bits per heavy atom. The Hall–Kier alpha value is -1.24. The average molecular weight is 267 g/mol. The highest BCUT2D eigenvalue weighted by atomic mass is 35.5. The topological polar surface area (TPSA) is 45.0 Å². The predicted molar refractivity (Wildman–Crippen MR) is 74.8 cm³/mol. The number of nitrogens with zero attached hydrogens (tertiary/aromatic N) is 1. The van der Waals surface area contributed by atoms with E-state index in [0.717, 1.165) is 5.69 Å². The molecular formula is C14H19ClN2O. The lowest BCUT2D eigenvalue weighted by atomic mass is 9.88. The molecule has 1 atom stereocenters. The molecule has 1 rings (SSSR count). The van der Waals surface area contributed by atoms with Crippen molar-refractivity contribution >= 4 is 17.3 Å². The monoisotopic (exact) mass is 266 g/mol. The van der Waals surface area contributed by atoms with Gasteiger partial charge in [-0.1, -0.05) is 17.7 Å². The number of hydrogen-bond donors (Lipinski definition) is 1. The van der Waals surface area contributed by atoms with Crippen molar-refractivity contribution in [3.05, 3.63) is 29.3 Å². The first kappa shape index (κ1) is 14.8. The van der Waals surface area contributed by atoms with Gasteiger partial charge >= 0.3 is 0 Å². The lowest BCUT2D eigenvalue weighted by molar-refractivity contribution is 0.00725. The molecule has 0 aliphatic rings. The van der Waals surface area contributed by atoms with Gasteiger partial charge in [0.25, 0.3) is 0 Å². The van der Waals surface area contributed by atoms with Crippen molar-refractivity contribution in [1.82, 2.24) is 0 Å². The summed E-state index contributed by atoms with van der Waals surface area (Å²) in [5.74, 6) is 0. The average Bonchev–Trinajstić information content (AvgIpc) is 2.28. The molecule has 0 amide bonds. The van der Waals surface area contributed by atoms with Crippen molar-refractivity contribution in [3.63, 3.8) is 0 Å². The molecule has 0 fully saturated rings. The van der Waals surface area contributed by atoms with E-state index in [4.69, 9.17) is 16.3 Å². The van der Waals surface area contributed by atoms with E-state index >= 15 is 0 Å². The van der Waals surface area contributed by atoms with Crippen LogP contribution in [-0.2, 0) is 4.74 Å². The minimum atomic E-state index is -0.704. The van der Waals surface area contributed by atoms with Crippen LogP contribution in [0.2, 0.25) is 5.02 Å². The van der Waals surface area contributed by atoms with Crippen molar-refractivity contribution in [2.45, 2.75) is 38.3 Å². The second kappa shape index (κ2) is 5.60. The number of methoxy groups -OCH3 is 1. The summed E-state index contributed by atoms with van der Waals surface area (Å²) in [6, 6.07) is 9.65. The van der Waals surface area contributed by atoms with Crippen LogP contribution in [0.3, 0.4) is 0 Å². The highest BCUT2D eigenvalue weighted by Gasteiger charge is 2.32. The fraction of sp³-hybridized carbons (Fsp3) is 0.500. The first-order chi connectivity index (χ1) is 8.30. The Balaban J connectivity index is 2.87. The van der Waals surface area contributed by atoms with Gasteiger partial charge in [0, 0.05) is 24.2 Å². The number of nitriles is 1. The molecule has 0 heterocycles. The lowest BCUT2D eigenvalue weighted by Gasteiger charge is -2.33. The van der Waals surface area contributed by atoms with Gasteiger partial charge in [0.05, 0.1) is 11.7 Å². The second-order valence-corrected chi connectivity index (χ2v) is 5.66. The number of ether oxygens (including phenoxy) is 1. The fourth-order valence-corrected chi connectivity index (χ4v) is 2.11. The van der Waals surface area contributed by atoms with Crippen LogP contribution in [0, 0.1) is 11.3 Å². The minimum absolute atomic E-state index is 0.365. The maximum absolute atomic E-state index is 9.37. The molecule has 0 aromatic heterocycles. The molecule has 0 aliphatic heterocycles. The quantitative estimate of drug-likeness (QED) is 0.880. The molecule has 98 valence electrons. The molecule has 0 bridgehead atoms. The van der Waals surface area contributed by atoms with Crippen molar-refractivity contribution in [1.29, 1.82) is 5.26 Å². The summed E-state index contributed by atoms with van der Waals surface area (Å²) in [6.45, 7) is 5.78. The van der Waals surface area contributed by atoms with Gasteiger partial charge in [0.2, 0.25) is 0 Å². The van der Waals surface area contributed by atoms with Crippen molar-refractivity contribution < 1.29 is 4.74 Å². The summed E-state index contributed by atoms with van der Waals surface area (Å²) in [5.41, 5.74) is -0.237. The van der Waals surface area contributed by atoms with Crippen LogP contribution in [0.1, 0.15) is 27.2 Å². The summed E-state index contributed by atoms with van der Waals surface area (Å²) >= 11 is 5.93. The molecule has 0 radical (unpaired) electrons. The van der Waals surface area contributed by atoms with E-state index in [1.165, 1.54) is 0 Å². The maximum atomic E-state index is 9.37. The summed E-state index contributed by atoms with van der Waals surface area (Å²) < 4.78 is 5.38. The van der Waals surface area contributed by atoms with E-state index in [2.05, 4.69) is 11.4 Å². The molecule has 4 heteroatoms. The van der Waals surface area contributed by atoms with Crippen LogP contribution < -0.4 is 5.32 Å². The zero-order chi connectivity index (χ0) is 13.8. The first-order valence-corrected chi connectivity index (χ1v) is 6.18. The molecular weight excluding hydrogens is 248 g/mol. The molecule has 1 unspecified atom stereocenters. The van der Waals surface area contributed by atoms with Crippen molar-refractivity contribution in [3.8, 4) is 6.07 Å². The first-order valence-electron chi connectivity index (χ1n) is 5.80. The van der Waals surface area contributed by atoms with Crippen molar-refractivity contribution in [2.24, 2.45) is 0 Å². The molecule has 0 spiro atoms. The lowest BCUT2D eigenvalue weighted by Crippen LogP contribution is -2.41. The number of anilines is 1. The summed E-state index contributed by atoms with van der Waals surface area (Å²) in [6.07, 6.45) is 0.569. The van der Waals surface area contributed by atoms with Crippen LogP contribution in [0.5, 0.6) is 0 Å². The Kier molecular flexibility index (Phi) is 4.61. The van der Waals surface area contributed by atoms with Gasteiger partial charge in [-0.15, -0.1) is 0 Å². The smallest absolute Gasteiger partial charge is 0.125 e. The molecule has 3 nitrogen and oxygen atoms in total. The number of nitrogens with one attached hydrogen (secondary N) is 1. The minimum Gasteiger partial charge on any atom is -0.379 e. The van der Waals surface area contributed by atoms with Crippen molar-refractivity contribution in [2.75, 3.05) is 12.4 Å². The van der Waals surface area contributed by atoms with E-state index in [1.54, 1.807) is 19.2 Å². The van der Waals surface area contributed by atoms with Gasteiger partial charge in [-0.3, -0.25) is 0 Å². The third-order valence-electron chi connectivity index (χ3n) is 2.82.